The second kappa shape index (κ2) is 10.2. The summed E-state index contributed by atoms with van der Waals surface area (Å²) in [5.74, 6) is -3.47. The average Bonchev–Trinajstić information content (AvgIpc) is 2.72. The third-order valence-electron chi connectivity index (χ3n) is 5.15. The SMILES string of the molecule is CSC1C(C(C)OC(=O)OCc2ccc([N+](=O)[O-])cc2)C(=O)N1C(C(=O)O)C(=O)C(C)(C)C. The zero-order chi connectivity index (χ0) is 25.1. The number of rotatable bonds is 9. The fourth-order valence-corrected chi connectivity index (χ4v) is 4.44. The number of carboxylic acid groups (broad SMARTS) is 1. The first kappa shape index (κ1) is 26.1. The molecular formula is C21H26N2O9S. The van der Waals surface area contributed by atoms with E-state index in [4.69, 9.17) is 9.47 Å². The highest BCUT2D eigenvalue weighted by Gasteiger charge is 2.57. The quantitative estimate of drug-likeness (QED) is 0.183. The van der Waals surface area contributed by atoms with Gasteiger partial charge in [-0.3, -0.25) is 19.7 Å². The number of hydrogen-bond acceptors (Lipinski definition) is 9. The second-order valence-corrected chi connectivity index (χ2v) is 9.49. The molecule has 1 heterocycles. The predicted octanol–water partition coefficient (Wildman–Crippen LogP) is 2.85. The van der Waals surface area contributed by atoms with Crippen LogP contribution in [0.15, 0.2) is 24.3 Å². The molecule has 4 atom stereocenters. The smallest absolute Gasteiger partial charge is 0.479 e. The summed E-state index contributed by atoms with van der Waals surface area (Å²) in [6.07, 6.45) is -0.320. The number of ether oxygens (including phenoxy) is 2. The first-order valence-corrected chi connectivity index (χ1v) is 11.3. The molecule has 4 unspecified atom stereocenters. The van der Waals surface area contributed by atoms with Crippen molar-refractivity contribution in [2.45, 2.75) is 51.8 Å². The summed E-state index contributed by atoms with van der Waals surface area (Å²) in [5.41, 5.74) is -0.569. The molecule has 11 nitrogen and oxygen atoms in total. The fraction of sp³-hybridized carbons (Fsp3) is 0.524. The highest BCUT2D eigenvalue weighted by atomic mass is 32.2. The van der Waals surface area contributed by atoms with Gasteiger partial charge < -0.3 is 19.5 Å². The Bertz CT molecular complexity index is 942. The monoisotopic (exact) mass is 482 g/mol. The van der Waals surface area contributed by atoms with E-state index in [0.717, 1.165) is 4.90 Å². The standard InChI is InChI=1S/C21H26N2O9S/c1-11(32-20(28)31-10-12-6-8-13(9-7-12)23(29)30)14-17(25)22(18(14)33-5)15(19(26)27)16(24)21(2,3)4/h6-9,11,14-15,18H,10H2,1-5H3,(H,26,27). The van der Waals surface area contributed by atoms with Crippen molar-refractivity contribution in [2.75, 3.05) is 6.26 Å². The summed E-state index contributed by atoms with van der Waals surface area (Å²) >= 11 is 1.18. The van der Waals surface area contributed by atoms with Crippen molar-refractivity contribution >= 4 is 41.3 Å². The summed E-state index contributed by atoms with van der Waals surface area (Å²) in [6.45, 7) is 6.02. The van der Waals surface area contributed by atoms with Gasteiger partial charge in [-0.05, 0) is 30.9 Å². The molecule has 1 saturated heterocycles. The van der Waals surface area contributed by atoms with Crippen LogP contribution in [0.1, 0.15) is 33.3 Å². The number of carboxylic acids is 1. The topological polar surface area (TPSA) is 153 Å². The van der Waals surface area contributed by atoms with Crippen molar-refractivity contribution in [1.82, 2.24) is 4.90 Å². The van der Waals surface area contributed by atoms with E-state index in [-0.39, 0.29) is 12.3 Å². The molecule has 12 heteroatoms. The maximum atomic E-state index is 12.8. The van der Waals surface area contributed by atoms with Crippen molar-refractivity contribution in [3.05, 3.63) is 39.9 Å². The van der Waals surface area contributed by atoms with Crippen LogP contribution in [0.3, 0.4) is 0 Å². The number of nitro benzene ring substituents is 1. The number of hydrogen-bond donors (Lipinski definition) is 1. The van der Waals surface area contributed by atoms with E-state index >= 15 is 0 Å². The van der Waals surface area contributed by atoms with Gasteiger partial charge in [0.05, 0.1) is 10.3 Å². The van der Waals surface area contributed by atoms with Gasteiger partial charge in [0.2, 0.25) is 5.91 Å². The number of benzene rings is 1. The Kier molecular flexibility index (Phi) is 8.06. The zero-order valence-electron chi connectivity index (χ0n) is 18.8. The lowest BCUT2D eigenvalue weighted by Gasteiger charge is -2.50. The number of β-lactam (4-membered cyclic amide) rings is 1. The molecule has 1 aromatic rings. The van der Waals surface area contributed by atoms with Gasteiger partial charge in [-0.1, -0.05) is 20.8 Å². The van der Waals surface area contributed by atoms with Crippen molar-refractivity contribution in [3.63, 3.8) is 0 Å². The first-order valence-electron chi connectivity index (χ1n) is 9.98. The van der Waals surface area contributed by atoms with Crippen LogP contribution in [0.5, 0.6) is 0 Å². The molecule has 0 saturated carbocycles. The number of Topliss-reactive ketones (excluding diaryl/α,β-unsaturated/α-hetero) is 1. The lowest BCUT2D eigenvalue weighted by atomic mass is 9.82. The second-order valence-electron chi connectivity index (χ2n) is 8.54. The Morgan fingerprint density at radius 2 is 1.82 bits per heavy atom. The highest BCUT2D eigenvalue weighted by Crippen LogP contribution is 2.40. The van der Waals surface area contributed by atoms with Crippen LogP contribution in [0.25, 0.3) is 0 Å². The molecule has 0 bridgehead atoms. The molecule has 0 spiro atoms. The molecule has 0 aliphatic carbocycles. The molecule has 1 aliphatic heterocycles. The highest BCUT2D eigenvalue weighted by molar-refractivity contribution is 7.99. The molecular weight excluding hydrogens is 456 g/mol. The van der Waals surface area contributed by atoms with Crippen LogP contribution >= 0.6 is 11.8 Å². The molecule has 1 fully saturated rings. The van der Waals surface area contributed by atoms with Crippen LogP contribution in [0.2, 0.25) is 0 Å². The van der Waals surface area contributed by atoms with Gasteiger partial charge in [-0.25, -0.2) is 9.59 Å². The number of amides is 1. The Morgan fingerprint density at radius 1 is 1.24 bits per heavy atom. The van der Waals surface area contributed by atoms with Gasteiger partial charge in [0.25, 0.3) is 5.69 Å². The van der Waals surface area contributed by atoms with Crippen LogP contribution in [0.4, 0.5) is 10.5 Å². The normalized spacial score (nSPS) is 19.8. The molecule has 1 amide bonds. The average molecular weight is 483 g/mol. The van der Waals surface area contributed by atoms with Crippen LogP contribution in [-0.4, -0.2) is 62.5 Å². The maximum Gasteiger partial charge on any atom is 0.508 e. The lowest BCUT2D eigenvalue weighted by molar-refractivity contribution is -0.384. The Hall–Kier alpha value is -3.15. The van der Waals surface area contributed by atoms with Gasteiger partial charge in [0.15, 0.2) is 11.8 Å². The molecule has 1 aliphatic rings. The Balaban J connectivity index is 2.01. The van der Waals surface area contributed by atoms with Crippen LogP contribution in [0, 0.1) is 21.4 Å². The van der Waals surface area contributed by atoms with E-state index in [9.17, 15) is 34.4 Å². The number of carbonyl (C=O) groups excluding carboxylic acids is 3. The predicted molar refractivity (Wildman–Crippen MR) is 117 cm³/mol. The molecule has 2 rings (SSSR count). The van der Waals surface area contributed by atoms with Gasteiger partial charge in [0, 0.05) is 17.5 Å². The van der Waals surface area contributed by atoms with E-state index in [2.05, 4.69) is 0 Å². The summed E-state index contributed by atoms with van der Waals surface area (Å²) in [4.78, 5) is 60.5. The fourth-order valence-electron chi connectivity index (χ4n) is 3.36. The van der Waals surface area contributed by atoms with Crippen molar-refractivity contribution in [3.8, 4) is 0 Å². The zero-order valence-corrected chi connectivity index (χ0v) is 19.7. The van der Waals surface area contributed by atoms with Crippen LogP contribution < -0.4 is 0 Å². The molecule has 0 aromatic heterocycles. The molecule has 1 aromatic carbocycles. The van der Waals surface area contributed by atoms with E-state index < -0.39 is 57.6 Å². The summed E-state index contributed by atoms with van der Waals surface area (Å²) in [7, 11) is 0. The summed E-state index contributed by atoms with van der Waals surface area (Å²) in [6, 6.07) is 3.78. The third-order valence-corrected chi connectivity index (χ3v) is 6.16. The van der Waals surface area contributed by atoms with Crippen molar-refractivity contribution in [2.24, 2.45) is 11.3 Å². The first-order chi connectivity index (χ1) is 15.3. The van der Waals surface area contributed by atoms with Gasteiger partial charge in [0.1, 0.15) is 18.6 Å². The number of aliphatic carboxylic acids is 1. The minimum Gasteiger partial charge on any atom is -0.479 e. The number of non-ortho nitro benzene ring substituents is 1. The number of nitro groups is 1. The van der Waals surface area contributed by atoms with E-state index in [1.165, 1.54) is 43.0 Å². The number of carbonyl (C=O) groups is 4. The largest absolute Gasteiger partial charge is 0.508 e. The third kappa shape index (κ3) is 5.81. The van der Waals surface area contributed by atoms with Gasteiger partial charge in [-0.15, -0.1) is 11.8 Å². The minimum atomic E-state index is -1.63. The van der Waals surface area contributed by atoms with Gasteiger partial charge in [-0.2, -0.15) is 0 Å². The van der Waals surface area contributed by atoms with E-state index in [0.29, 0.717) is 5.56 Å². The lowest BCUT2D eigenvalue weighted by Crippen LogP contribution is -2.70. The summed E-state index contributed by atoms with van der Waals surface area (Å²) in [5, 5.41) is 19.6. The number of likely N-dealkylation sites (tertiary alicyclic amines) is 1. The van der Waals surface area contributed by atoms with Gasteiger partial charge >= 0.3 is 12.1 Å². The molecule has 33 heavy (non-hydrogen) atoms. The number of thioether (sulfide) groups is 1. The Morgan fingerprint density at radius 3 is 2.27 bits per heavy atom. The number of ketones is 1. The minimum absolute atomic E-state index is 0.101. The molecule has 180 valence electrons. The summed E-state index contributed by atoms with van der Waals surface area (Å²) < 4.78 is 10.2. The van der Waals surface area contributed by atoms with Crippen LogP contribution in [-0.2, 0) is 30.5 Å². The number of nitrogens with zero attached hydrogens (tertiary/aromatic N) is 2. The maximum absolute atomic E-state index is 12.8. The van der Waals surface area contributed by atoms with E-state index in [1.54, 1.807) is 27.0 Å². The molecule has 0 radical (unpaired) electrons. The Labute approximate surface area is 194 Å². The molecule has 1 N–H and O–H groups in total. The van der Waals surface area contributed by atoms with Crippen molar-refractivity contribution < 1.29 is 38.7 Å². The van der Waals surface area contributed by atoms with E-state index in [1.807, 2.05) is 0 Å². The van der Waals surface area contributed by atoms with Crippen molar-refractivity contribution in [1.29, 1.82) is 0 Å².